The van der Waals surface area contributed by atoms with E-state index in [0.717, 1.165) is 17.1 Å². The molecule has 1 aromatic carbocycles. The average Bonchev–Trinajstić information content (AvgIpc) is 2.79. The van der Waals surface area contributed by atoms with Crippen molar-refractivity contribution in [1.82, 2.24) is 20.1 Å². The number of pyridine rings is 1. The number of aryl methyl sites for hydroxylation is 1. The maximum atomic E-state index is 12.8. The SMILES string of the molecule is Cc1cc(C(=O)N2CCN(c3ccc(-c4ccncc4)nn3)CC2)ccc1[N+](=O)[O-]. The summed E-state index contributed by atoms with van der Waals surface area (Å²) in [5.74, 6) is 0.651. The zero-order valence-electron chi connectivity index (χ0n) is 16.4. The third kappa shape index (κ3) is 3.95. The van der Waals surface area contributed by atoms with Crippen LogP contribution in [0, 0.1) is 17.0 Å². The van der Waals surface area contributed by atoms with Gasteiger partial charge in [-0.15, -0.1) is 10.2 Å². The first-order valence-corrected chi connectivity index (χ1v) is 9.56. The second kappa shape index (κ2) is 8.24. The van der Waals surface area contributed by atoms with Gasteiger partial charge in [0.25, 0.3) is 11.6 Å². The van der Waals surface area contributed by atoms with Crippen molar-refractivity contribution in [3.05, 3.63) is 76.1 Å². The van der Waals surface area contributed by atoms with Crippen LogP contribution in [0.3, 0.4) is 0 Å². The molecule has 4 rings (SSSR count). The number of anilines is 1. The van der Waals surface area contributed by atoms with Gasteiger partial charge in [-0.1, -0.05) is 0 Å². The summed E-state index contributed by atoms with van der Waals surface area (Å²) in [6.07, 6.45) is 3.43. The fourth-order valence-corrected chi connectivity index (χ4v) is 3.49. The van der Waals surface area contributed by atoms with Crippen LogP contribution < -0.4 is 4.90 Å². The van der Waals surface area contributed by atoms with Crippen LogP contribution in [0.15, 0.2) is 54.9 Å². The van der Waals surface area contributed by atoms with Crippen molar-refractivity contribution in [2.75, 3.05) is 31.1 Å². The summed E-state index contributed by atoms with van der Waals surface area (Å²) in [5, 5.41) is 19.6. The number of hydrogen-bond donors (Lipinski definition) is 0. The lowest BCUT2D eigenvalue weighted by molar-refractivity contribution is -0.385. The maximum Gasteiger partial charge on any atom is 0.272 e. The topological polar surface area (TPSA) is 105 Å². The monoisotopic (exact) mass is 404 g/mol. The molecule has 0 spiro atoms. The third-order valence-corrected chi connectivity index (χ3v) is 5.16. The number of amides is 1. The van der Waals surface area contributed by atoms with Crippen LogP contribution >= 0.6 is 0 Å². The van der Waals surface area contributed by atoms with Gasteiger partial charge >= 0.3 is 0 Å². The summed E-state index contributed by atoms with van der Waals surface area (Å²) in [6.45, 7) is 4.01. The average molecular weight is 404 g/mol. The van der Waals surface area contributed by atoms with E-state index in [1.807, 2.05) is 24.3 Å². The van der Waals surface area contributed by atoms with E-state index in [0.29, 0.717) is 37.3 Å². The fraction of sp³-hybridized carbons (Fsp3) is 0.238. The van der Waals surface area contributed by atoms with Crippen molar-refractivity contribution in [2.24, 2.45) is 0 Å². The molecule has 0 bridgehead atoms. The lowest BCUT2D eigenvalue weighted by atomic mass is 10.1. The molecule has 1 amide bonds. The van der Waals surface area contributed by atoms with Gasteiger partial charge in [-0.05, 0) is 43.3 Å². The summed E-state index contributed by atoms with van der Waals surface area (Å²) >= 11 is 0. The van der Waals surface area contributed by atoms with Gasteiger partial charge in [0.05, 0.1) is 10.6 Å². The van der Waals surface area contributed by atoms with Gasteiger partial charge in [0.1, 0.15) is 0 Å². The van der Waals surface area contributed by atoms with Crippen molar-refractivity contribution in [1.29, 1.82) is 0 Å². The number of hydrogen-bond acceptors (Lipinski definition) is 7. The highest BCUT2D eigenvalue weighted by molar-refractivity contribution is 5.95. The lowest BCUT2D eigenvalue weighted by Gasteiger charge is -2.35. The van der Waals surface area contributed by atoms with Crippen molar-refractivity contribution in [3.8, 4) is 11.3 Å². The number of nitro benzene ring substituents is 1. The quantitative estimate of drug-likeness (QED) is 0.486. The van der Waals surface area contributed by atoms with Crippen molar-refractivity contribution in [3.63, 3.8) is 0 Å². The number of carbonyl (C=O) groups is 1. The van der Waals surface area contributed by atoms with Gasteiger partial charge in [-0.25, -0.2) is 0 Å². The van der Waals surface area contributed by atoms with E-state index in [1.165, 1.54) is 12.1 Å². The minimum absolute atomic E-state index is 0.0187. The summed E-state index contributed by atoms with van der Waals surface area (Å²) < 4.78 is 0. The third-order valence-electron chi connectivity index (χ3n) is 5.16. The predicted molar refractivity (Wildman–Crippen MR) is 111 cm³/mol. The molecule has 9 nitrogen and oxygen atoms in total. The van der Waals surface area contributed by atoms with Crippen molar-refractivity contribution < 1.29 is 9.72 Å². The van der Waals surface area contributed by atoms with Crippen molar-refractivity contribution in [2.45, 2.75) is 6.92 Å². The fourth-order valence-electron chi connectivity index (χ4n) is 3.49. The minimum atomic E-state index is -0.441. The molecule has 0 aliphatic carbocycles. The number of nitrogens with zero attached hydrogens (tertiary/aromatic N) is 6. The normalized spacial score (nSPS) is 13.9. The number of benzene rings is 1. The minimum Gasteiger partial charge on any atom is -0.352 e. The Morgan fingerprint density at radius 3 is 2.33 bits per heavy atom. The van der Waals surface area contributed by atoms with Crippen LogP contribution in [0.25, 0.3) is 11.3 Å². The number of carbonyl (C=O) groups excluding carboxylic acids is 1. The zero-order chi connectivity index (χ0) is 21.1. The van der Waals surface area contributed by atoms with Gasteiger partial charge < -0.3 is 9.80 Å². The first-order valence-electron chi connectivity index (χ1n) is 9.56. The van der Waals surface area contributed by atoms with Crippen molar-refractivity contribution >= 4 is 17.4 Å². The van der Waals surface area contributed by atoms with Crippen LogP contribution in [0.1, 0.15) is 15.9 Å². The smallest absolute Gasteiger partial charge is 0.272 e. The first-order chi connectivity index (χ1) is 14.5. The van der Waals surface area contributed by atoms with Gasteiger partial charge in [0.2, 0.25) is 0 Å². The Morgan fingerprint density at radius 2 is 1.73 bits per heavy atom. The molecule has 1 saturated heterocycles. The Kier molecular flexibility index (Phi) is 5.34. The Bertz CT molecular complexity index is 1060. The van der Waals surface area contributed by atoms with Gasteiger partial charge in [-0.2, -0.15) is 0 Å². The molecular formula is C21H20N6O3. The first kappa shape index (κ1) is 19.4. The van der Waals surface area contributed by atoms with E-state index in [-0.39, 0.29) is 11.6 Å². The molecule has 3 aromatic rings. The summed E-state index contributed by atoms with van der Waals surface area (Å²) in [4.78, 5) is 31.2. The summed E-state index contributed by atoms with van der Waals surface area (Å²) in [6, 6.07) is 12.1. The van der Waals surface area contributed by atoms with Crippen LogP contribution in [0.5, 0.6) is 0 Å². The second-order valence-electron chi connectivity index (χ2n) is 7.05. The molecule has 1 fully saturated rings. The Hall–Kier alpha value is -3.88. The Balaban J connectivity index is 1.39. The largest absolute Gasteiger partial charge is 0.352 e. The zero-order valence-corrected chi connectivity index (χ0v) is 16.4. The van der Waals surface area contributed by atoms with E-state index in [4.69, 9.17) is 0 Å². The molecule has 1 aliphatic rings. The summed E-state index contributed by atoms with van der Waals surface area (Å²) in [5.41, 5.74) is 2.70. The Labute approximate surface area is 173 Å². The molecule has 3 heterocycles. The molecule has 0 radical (unpaired) electrons. The highest BCUT2D eigenvalue weighted by atomic mass is 16.6. The van der Waals surface area contributed by atoms with Crippen LogP contribution in [-0.2, 0) is 0 Å². The molecule has 9 heteroatoms. The van der Waals surface area contributed by atoms with Gasteiger partial charge in [0.15, 0.2) is 5.82 Å². The molecule has 152 valence electrons. The highest BCUT2D eigenvalue weighted by Crippen LogP contribution is 2.22. The number of rotatable bonds is 4. The molecule has 30 heavy (non-hydrogen) atoms. The number of aromatic nitrogens is 3. The highest BCUT2D eigenvalue weighted by Gasteiger charge is 2.24. The molecule has 0 saturated carbocycles. The second-order valence-corrected chi connectivity index (χ2v) is 7.05. The predicted octanol–water partition coefficient (Wildman–Crippen LogP) is 2.72. The molecular weight excluding hydrogens is 384 g/mol. The summed E-state index contributed by atoms with van der Waals surface area (Å²) in [7, 11) is 0. The molecule has 2 aromatic heterocycles. The maximum absolute atomic E-state index is 12.8. The number of piperazine rings is 1. The van der Waals surface area contributed by atoms with Gasteiger partial charge in [-0.3, -0.25) is 19.9 Å². The van der Waals surface area contributed by atoms with E-state index >= 15 is 0 Å². The lowest BCUT2D eigenvalue weighted by Crippen LogP contribution is -2.49. The molecule has 1 aliphatic heterocycles. The molecule has 0 atom stereocenters. The molecule has 0 N–H and O–H groups in total. The van der Waals surface area contributed by atoms with E-state index < -0.39 is 4.92 Å². The molecule has 0 unspecified atom stereocenters. The Morgan fingerprint density at radius 1 is 1.00 bits per heavy atom. The van der Waals surface area contributed by atoms with Crippen LogP contribution in [0.4, 0.5) is 11.5 Å². The van der Waals surface area contributed by atoms with Gasteiger partial charge in [0, 0.05) is 61.3 Å². The standard InChI is InChI=1S/C21H20N6O3/c1-15-14-17(2-4-19(15)27(29)30)21(28)26-12-10-25(11-13-26)20-5-3-18(23-24-20)16-6-8-22-9-7-16/h2-9,14H,10-13H2,1H3. The number of nitro groups is 1. The van der Waals surface area contributed by atoms with E-state index in [1.54, 1.807) is 30.3 Å². The van der Waals surface area contributed by atoms with Crippen LogP contribution in [-0.4, -0.2) is 57.1 Å². The van der Waals surface area contributed by atoms with Crippen LogP contribution in [0.2, 0.25) is 0 Å². The van der Waals surface area contributed by atoms with E-state index in [2.05, 4.69) is 20.1 Å². The van der Waals surface area contributed by atoms with E-state index in [9.17, 15) is 14.9 Å².